The number of hydrogen-bond donors (Lipinski definition) is 1. The van der Waals surface area contributed by atoms with Gasteiger partial charge < -0.3 is 5.73 Å². The fraction of sp³-hybridized carbons (Fsp3) is 0.667. The van der Waals surface area contributed by atoms with E-state index in [2.05, 4.69) is 24.3 Å². The molecule has 0 aliphatic heterocycles. The molecule has 2 fully saturated rings. The van der Waals surface area contributed by atoms with Crippen molar-refractivity contribution in [1.29, 1.82) is 0 Å². The van der Waals surface area contributed by atoms with Gasteiger partial charge in [0.05, 0.1) is 0 Å². The van der Waals surface area contributed by atoms with Gasteiger partial charge in [-0.3, -0.25) is 0 Å². The van der Waals surface area contributed by atoms with E-state index in [1.54, 1.807) is 5.56 Å². The maximum absolute atomic E-state index is 5.78. The summed E-state index contributed by atoms with van der Waals surface area (Å²) in [5, 5.41) is 0. The molecule has 0 aromatic heterocycles. The van der Waals surface area contributed by atoms with Crippen LogP contribution < -0.4 is 5.73 Å². The van der Waals surface area contributed by atoms with E-state index in [4.69, 9.17) is 5.73 Å². The monoisotopic (exact) mass is 257 g/mol. The number of hydrogen-bond acceptors (Lipinski definition) is 1. The van der Waals surface area contributed by atoms with Crippen molar-refractivity contribution in [1.82, 2.24) is 0 Å². The summed E-state index contributed by atoms with van der Waals surface area (Å²) in [6.07, 6.45) is 11.1. The molecule has 2 saturated carbocycles. The van der Waals surface area contributed by atoms with Gasteiger partial charge in [-0.25, -0.2) is 0 Å². The summed E-state index contributed by atoms with van der Waals surface area (Å²) in [7, 11) is 0. The van der Waals surface area contributed by atoms with Crippen molar-refractivity contribution >= 4 is 0 Å². The zero-order chi connectivity index (χ0) is 13.1. The Hall–Kier alpha value is -0.820. The molecule has 0 bridgehead atoms. The second-order valence-electron chi connectivity index (χ2n) is 6.52. The molecule has 0 radical (unpaired) electrons. The second kappa shape index (κ2) is 6.09. The Morgan fingerprint density at radius 3 is 2.21 bits per heavy atom. The van der Waals surface area contributed by atoms with Crippen molar-refractivity contribution in [3.05, 3.63) is 35.4 Å². The number of rotatable bonds is 5. The molecule has 0 saturated heterocycles. The van der Waals surface area contributed by atoms with Crippen LogP contribution >= 0.6 is 0 Å². The fourth-order valence-corrected chi connectivity index (χ4v) is 3.80. The Labute approximate surface area is 117 Å². The zero-order valence-corrected chi connectivity index (χ0v) is 12.0. The van der Waals surface area contributed by atoms with E-state index in [-0.39, 0.29) is 0 Å². The van der Waals surface area contributed by atoms with Gasteiger partial charge in [0.15, 0.2) is 0 Å². The lowest BCUT2D eigenvalue weighted by molar-refractivity contribution is 0.443. The van der Waals surface area contributed by atoms with Crippen LogP contribution in [-0.4, -0.2) is 6.54 Å². The maximum Gasteiger partial charge on any atom is -0.00713 e. The first kappa shape index (κ1) is 13.2. The van der Waals surface area contributed by atoms with Crippen LogP contribution in [0.15, 0.2) is 24.3 Å². The molecule has 1 unspecified atom stereocenters. The van der Waals surface area contributed by atoms with Crippen LogP contribution in [0.5, 0.6) is 0 Å². The third-order valence-electron chi connectivity index (χ3n) is 5.11. The van der Waals surface area contributed by atoms with E-state index in [0.717, 1.165) is 30.7 Å². The van der Waals surface area contributed by atoms with E-state index in [0.29, 0.717) is 0 Å². The summed E-state index contributed by atoms with van der Waals surface area (Å²) >= 11 is 0. The topological polar surface area (TPSA) is 26.0 Å². The SMILES string of the molecule is NCCC(c1ccc(C2CCCCC2)cc1)C1CC1. The van der Waals surface area contributed by atoms with Crippen molar-refractivity contribution in [2.45, 2.75) is 63.2 Å². The Bertz CT molecular complexity index is 385. The Kier molecular flexibility index (Phi) is 4.22. The average molecular weight is 257 g/mol. The summed E-state index contributed by atoms with van der Waals surface area (Å²) in [4.78, 5) is 0. The summed E-state index contributed by atoms with van der Waals surface area (Å²) in [6.45, 7) is 0.825. The maximum atomic E-state index is 5.78. The van der Waals surface area contributed by atoms with E-state index >= 15 is 0 Å². The van der Waals surface area contributed by atoms with E-state index in [1.165, 1.54) is 50.5 Å². The number of benzene rings is 1. The average Bonchev–Trinajstić information content (AvgIpc) is 3.31. The van der Waals surface area contributed by atoms with Gasteiger partial charge in [-0.1, -0.05) is 43.5 Å². The molecule has 0 amide bonds. The minimum absolute atomic E-state index is 0.727. The molecule has 1 nitrogen and oxygen atoms in total. The Morgan fingerprint density at radius 1 is 0.947 bits per heavy atom. The molecule has 19 heavy (non-hydrogen) atoms. The van der Waals surface area contributed by atoms with Crippen LogP contribution in [0.2, 0.25) is 0 Å². The first-order valence-corrected chi connectivity index (χ1v) is 8.18. The molecule has 1 aromatic carbocycles. The van der Waals surface area contributed by atoms with Crippen LogP contribution in [0, 0.1) is 5.92 Å². The molecule has 1 aromatic rings. The van der Waals surface area contributed by atoms with E-state index < -0.39 is 0 Å². The molecular weight excluding hydrogens is 230 g/mol. The van der Waals surface area contributed by atoms with Gasteiger partial charge in [-0.2, -0.15) is 0 Å². The second-order valence-corrected chi connectivity index (χ2v) is 6.52. The highest BCUT2D eigenvalue weighted by atomic mass is 14.5. The minimum atomic E-state index is 0.727. The fourth-order valence-electron chi connectivity index (χ4n) is 3.80. The Balaban J connectivity index is 1.70. The molecular formula is C18H27N. The molecule has 0 spiro atoms. The van der Waals surface area contributed by atoms with Crippen molar-refractivity contribution in [3.8, 4) is 0 Å². The lowest BCUT2D eigenvalue weighted by Crippen LogP contribution is -2.10. The third kappa shape index (κ3) is 3.20. The van der Waals surface area contributed by atoms with Crippen LogP contribution in [0.25, 0.3) is 0 Å². The van der Waals surface area contributed by atoms with Crippen LogP contribution in [-0.2, 0) is 0 Å². The minimum Gasteiger partial charge on any atom is -0.330 e. The summed E-state index contributed by atoms with van der Waals surface area (Å²) in [5.74, 6) is 2.48. The molecule has 2 aliphatic carbocycles. The van der Waals surface area contributed by atoms with Gasteiger partial charge in [0.25, 0.3) is 0 Å². The Morgan fingerprint density at radius 2 is 1.63 bits per heavy atom. The molecule has 2 N–H and O–H groups in total. The van der Waals surface area contributed by atoms with Gasteiger partial charge in [0.1, 0.15) is 0 Å². The molecule has 1 atom stereocenters. The van der Waals surface area contributed by atoms with Gasteiger partial charge in [-0.05, 0) is 67.5 Å². The van der Waals surface area contributed by atoms with Gasteiger partial charge in [0, 0.05) is 0 Å². The number of nitrogens with two attached hydrogens (primary N) is 1. The van der Waals surface area contributed by atoms with E-state index in [1.807, 2.05) is 0 Å². The van der Waals surface area contributed by atoms with Crippen LogP contribution in [0.1, 0.15) is 74.3 Å². The molecule has 3 rings (SSSR count). The molecule has 2 aliphatic rings. The summed E-state index contributed by atoms with van der Waals surface area (Å²) in [5.41, 5.74) is 8.89. The third-order valence-corrected chi connectivity index (χ3v) is 5.11. The molecule has 0 heterocycles. The largest absolute Gasteiger partial charge is 0.330 e. The van der Waals surface area contributed by atoms with Gasteiger partial charge >= 0.3 is 0 Å². The standard InChI is InChI=1S/C18H27N/c19-13-12-18(17-10-11-17)16-8-6-15(7-9-16)14-4-2-1-3-5-14/h6-9,14,17-18H,1-5,10-13,19H2. The van der Waals surface area contributed by atoms with Crippen molar-refractivity contribution < 1.29 is 0 Å². The van der Waals surface area contributed by atoms with E-state index in [9.17, 15) is 0 Å². The summed E-state index contributed by atoms with van der Waals surface area (Å²) < 4.78 is 0. The normalized spacial score (nSPS) is 22.4. The smallest absolute Gasteiger partial charge is 0.00713 e. The van der Waals surface area contributed by atoms with Gasteiger partial charge in [0.2, 0.25) is 0 Å². The summed E-state index contributed by atoms with van der Waals surface area (Å²) in [6, 6.07) is 9.58. The first-order valence-electron chi connectivity index (χ1n) is 8.18. The first-order chi connectivity index (χ1) is 9.38. The van der Waals surface area contributed by atoms with Gasteiger partial charge in [-0.15, -0.1) is 0 Å². The highest BCUT2D eigenvalue weighted by molar-refractivity contribution is 5.29. The molecule has 1 heteroatoms. The molecule has 104 valence electrons. The van der Waals surface area contributed by atoms with Crippen LogP contribution in [0.4, 0.5) is 0 Å². The highest BCUT2D eigenvalue weighted by Crippen LogP contribution is 2.44. The zero-order valence-electron chi connectivity index (χ0n) is 12.0. The predicted octanol–water partition coefficient (Wildman–Crippen LogP) is 4.58. The van der Waals surface area contributed by atoms with Crippen LogP contribution in [0.3, 0.4) is 0 Å². The van der Waals surface area contributed by atoms with Crippen molar-refractivity contribution in [2.24, 2.45) is 11.7 Å². The quantitative estimate of drug-likeness (QED) is 0.821. The lowest BCUT2D eigenvalue weighted by Gasteiger charge is -2.23. The lowest BCUT2D eigenvalue weighted by atomic mass is 9.82. The highest BCUT2D eigenvalue weighted by Gasteiger charge is 2.31. The van der Waals surface area contributed by atoms with Crippen molar-refractivity contribution in [3.63, 3.8) is 0 Å². The van der Waals surface area contributed by atoms with Crippen molar-refractivity contribution in [2.75, 3.05) is 6.54 Å². The predicted molar refractivity (Wildman–Crippen MR) is 81.4 cm³/mol.